The number of amides is 1. The molecule has 5 heteroatoms. The van der Waals surface area contributed by atoms with Gasteiger partial charge in [-0.05, 0) is 30.5 Å². The normalized spacial score (nSPS) is 18.9. The summed E-state index contributed by atoms with van der Waals surface area (Å²) in [4.78, 5) is 11.7. The minimum atomic E-state index is -0.185. The molecule has 0 radical (unpaired) electrons. The smallest absolute Gasteiger partial charge is 0.238 e. The number of aryl methyl sites for hydroxylation is 1. The van der Waals surface area contributed by atoms with E-state index in [0.717, 1.165) is 23.6 Å². The Morgan fingerprint density at radius 1 is 1.61 bits per heavy atom. The summed E-state index contributed by atoms with van der Waals surface area (Å²) in [7, 11) is 0. The maximum Gasteiger partial charge on any atom is 0.238 e. The van der Waals surface area contributed by atoms with Crippen LogP contribution in [0.3, 0.4) is 0 Å². The van der Waals surface area contributed by atoms with Gasteiger partial charge in [-0.2, -0.15) is 0 Å². The van der Waals surface area contributed by atoms with Crippen LogP contribution in [-0.4, -0.2) is 30.1 Å². The van der Waals surface area contributed by atoms with Crippen molar-refractivity contribution in [2.24, 2.45) is 0 Å². The van der Waals surface area contributed by atoms with Crippen LogP contribution in [0.25, 0.3) is 0 Å². The van der Waals surface area contributed by atoms with Gasteiger partial charge < -0.3 is 5.32 Å². The first-order valence-corrected chi connectivity index (χ1v) is 7.16. The monoisotopic (exact) mass is 268 g/mol. The van der Waals surface area contributed by atoms with Crippen molar-refractivity contribution in [3.05, 3.63) is 35.1 Å². The third kappa shape index (κ3) is 3.46. The van der Waals surface area contributed by atoms with Gasteiger partial charge in [-0.1, -0.05) is 12.1 Å². The van der Waals surface area contributed by atoms with E-state index in [-0.39, 0.29) is 17.8 Å². The molecular weight excluding hydrogens is 251 g/mol. The second-order valence-corrected chi connectivity index (χ2v) is 5.43. The Morgan fingerprint density at radius 2 is 2.44 bits per heavy atom. The molecule has 2 N–H and O–H groups in total. The summed E-state index contributed by atoms with van der Waals surface area (Å²) >= 11 is 1.73. The number of hydrogen-bond donors (Lipinski definition) is 2. The van der Waals surface area contributed by atoms with Crippen molar-refractivity contribution in [3.63, 3.8) is 0 Å². The van der Waals surface area contributed by atoms with Gasteiger partial charge in [0, 0.05) is 18.2 Å². The minimum Gasteiger partial charge on any atom is -0.354 e. The molecule has 1 aromatic rings. The third-order valence-electron chi connectivity index (χ3n) is 2.97. The summed E-state index contributed by atoms with van der Waals surface area (Å²) in [6.45, 7) is 2.34. The number of carbonyl (C=O) groups excluding carboxylic acids is 1. The Morgan fingerprint density at radius 3 is 3.11 bits per heavy atom. The fraction of sp³-hybridized carbons (Fsp3) is 0.462. The van der Waals surface area contributed by atoms with Gasteiger partial charge in [-0.3, -0.25) is 10.1 Å². The number of thioether (sulfide) groups is 1. The second kappa shape index (κ2) is 6.20. The maximum absolute atomic E-state index is 13.1. The van der Waals surface area contributed by atoms with Crippen molar-refractivity contribution < 1.29 is 9.18 Å². The van der Waals surface area contributed by atoms with Gasteiger partial charge in [-0.15, -0.1) is 11.8 Å². The van der Waals surface area contributed by atoms with Crippen LogP contribution in [0.4, 0.5) is 4.39 Å². The standard InChI is InChI=1S/C13H17FN2OS/c1-9-6-10(2-3-11(9)14)4-5-15-13(17)12-7-18-8-16-12/h2-3,6,12,16H,4-5,7-8H2,1H3,(H,15,17). The van der Waals surface area contributed by atoms with Gasteiger partial charge in [0.1, 0.15) is 5.82 Å². The first-order chi connectivity index (χ1) is 8.66. The summed E-state index contributed by atoms with van der Waals surface area (Å²) in [6.07, 6.45) is 0.729. The second-order valence-electron chi connectivity index (χ2n) is 4.40. The van der Waals surface area contributed by atoms with Gasteiger partial charge >= 0.3 is 0 Å². The maximum atomic E-state index is 13.1. The average Bonchev–Trinajstić information content (AvgIpc) is 2.87. The molecule has 1 aliphatic rings. The lowest BCUT2D eigenvalue weighted by Crippen LogP contribution is -2.42. The first-order valence-electron chi connectivity index (χ1n) is 6.00. The summed E-state index contributed by atoms with van der Waals surface area (Å²) in [5.74, 6) is 1.55. The molecular formula is C13H17FN2OS. The van der Waals surface area contributed by atoms with E-state index in [0.29, 0.717) is 12.1 Å². The van der Waals surface area contributed by atoms with Crippen LogP contribution in [0.5, 0.6) is 0 Å². The molecule has 1 amide bonds. The Hall–Kier alpha value is -1.07. The number of hydrogen-bond acceptors (Lipinski definition) is 3. The average molecular weight is 268 g/mol. The number of nitrogens with one attached hydrogen (secondary N) is 2. The van der Waals surface area contributed by atoms with Crippen LogP contribution >= 0.6 is 11.8 Å². The fourth-order valence-electron chi connectivity index (χ4n) is 1.88. The third-order valence-corrected chi connectivity index (χ3v) is 3.91. The van der Waals surface area contributed by atoms with Crippen LogP contribution in [0, 0.1) is 12.7 Å². The van der Waals surface area contributed by atoms with Crippen molar-refractivity contribution >= 4 is 17.7 Å². The van der Waals surface area contributed by atoms with Gasteiger partial charge in [-0.25, -0.2) is 4.39 Å². The zero-order chi connectivity index (χ0) is 13.0. The molecule has 0 bridgehead atoms. The Kier molecular flexibility index (Phi) is 4.60. The van der Waals surface area contributed by atoms with Crippen molar-refractivity contribution in [3.8, 4) is 0 Å². The highest BCUT2D eigenvalue weighted by Crippen LogP contribution is 2.10. The van der Waals surface area contributed by atoms with E-state index in [1.807, 2.05) is 6.07 Å². The van der Waals surface area contributed by atoms with E-state index in [9.17, 15) is 9.18 Å². The molecule has 98 valence electrons. The van der Waals surface area contributed by atoms with Crippen molar-refractivity contribution in [1.82, 2.24) is 10.6 Å². The van der Waals surface area contributed by atoms with Crippen LogP contribution in [0.2, 0.25) is 0 Å². The van der Waals surface area contributed by atoms with Crippen molar-refractivity contribution in [1.29, 1.82) is 0 Å². The molecule has 1 saturated heterocycles. The van der Waals surface area contributed by atoms with Gasteiger partial charge in [0.15, 0.2) is 0 Å². The lowest BCUT2D eigenvalue weighted by atomic mass is 10.1. The zero-order valence-electron chi connectivity index (χ0n) is 10.3. The molecule has 2 rings (SSSR count). The van der Waals surface area contributed by atoms with Crippen LogP contribution in [0.15, 0.2) is 18.2 Å². The van der Waals surface area contributed by atoms with E-state index in [4.69, 9.17) is 0 Å². The van der Waals surface area contributed by atoms with E-state index < -0.39 is 0 Å². The highest BCUT2D eigenvalue weighted by molar-refractivity contribution is 7.99. The topological polar surface area (TPSA) is 41.1 Å². The quantitative estimate of drug-likeness (QED) is 0.868. The van der Waals surface area contributed by atoms with E-state index in [2.05, 4.69) is 10.6 Å². The predicted molar refractivity (Wildman–Crippen MR) is 72.1 cm³/mol. The molecule has 1 heterocycles. The summed E-state index contributed by atoms with van der Waals surface area (Å²) in [6, 6.07) is 5.00. The first kappa shape index (κ1) is 13.4. The van der Waals surface area contributed by atoms with E-state index in [1.54, 1.807) is 24.8 Å². The number of halogens is 1. The molecule has 1 fully saturated rings. The van der Waals surface area contributed by atoms with Crippen LogP contribution < -0.4 is 10.6 Å². The molecule has 0 saturated carbocycles. The van der Waals surface area contributed by atoms with Gasteiger partial charge in [0.05, 0.1) is 6.04 Å². The SMILES string of the molecule is Cc1cc(CCNC(=O)C2CSCN2)ccc1F. The highest BCUT2D eigenvalue weighted by Gasteiger charge is 2.21. The van der Waals surface area contributed by atoms with Crippen LogP contribution in [-0.2, 0) is 11.2 Å². The molecule has 0 aliphatic carbocycles. The molecule has 3 nitrogen and oxygen atoms in total. The van der Waals surface area contributed by atoms with Crippen LogP contribution in [0.1, 0.15) is 11.1 Å². The molecule has 18 heavy (non-hydrogen) atoms. The summed E-state index contributed by atoms with van der Waals surface area (Å²) < 4.78 is 13.1. The number of rotatable bonds is 4. The summed E-state index contributed by atoms with van der Waals surface area (Å²) in [5.41, 5.74) is 1.69. The Balaban J connectivity index is 1.77. The Bertz CT molecular complexity index is 433. The number of carbonyl (C=O) groups is 1. The van der Waals surface area contributed by atoms with Crippen molar-refractivity contribution in [2.75, 3.05) is 18.2 Å². The lowest BCUT2D eigenvalue weighted by Gasteiger charge is -2.10. The summed E-state index contributed by atoms with van der Waals surface area (Å²) in [5, 5.41) is 6.02. The molecule has 1 atom stereocenters. The largest absolute Gasteiger partial charge is 0.354 e. The van der Waals surface area contributed by atoms with Gasteiger partial charge in [0.25, 0.3) is 0 Å². The number of benzene rings is 1. The fourth-order valence-corrected chi connectivity index (χ4v) is 2.82. The minimum absolute atomic E-state index is 0.0545. The molecule has 1 aromatic carbocycles. The van der Waals surface area contributed by atoms with Crippen molar-refractivity contribution in [2.45, 2.75) is 19.4 Å². The molecule has 1 unspecified atom stereocenters. The lowest BCUT2D eigenvalue weighted by molar-refractivity contribution is -0.122. The molecule has 1 aliphatic heterocycles. The predicted octanol–water partition coefficient (Wildman–Crippen LogP) is 1.46. The zero-order valence-corrected chi connectivity index (χ0v) is 11.1. The van der Waals surface area contributed by atoms with E-state index in [1.165, 1.54) is 6.07 Å². The Labute approximate surface area is 111 Å². The van der Waals surface area contributed by atoms with E-state index >= 15 is 0 Å². The van der Waals surface area contributed by atoms with Gasteiger partial charge in [0.2, 0.25) is 5.91 Å². The molecule has 0 aromatic heterocycles. The highest BCUT2D eigenvalue weighted by atomic mass is 32.2. The molecule has 0 spiro atoms.